The van der Waals surface area contributed by atoms with Crippen molar-refractivity contribution in [2.45, 2.75) is 20.4 Å². The van der Waals surface area contributed by atoms with Crippen molar-refractivity contribution in [3.05, 3.63) is 52.6 Å². The SMILES string of the molecule is Cc1nn(C)c(C)c1/C=N\NC(=S)NCc1ccc(F)cc1. The van der Waals surface area contributed by atoms with Crippen molar-refractivity contribution in [2.24, 2.45) is 12.1 Å². The van der Waals surface area contributed by atoms with Gasteiger partial charge in [0.2, 0.25) is 0 Å². The fourth-order valence-corrected chi connectivity index (χ4v) is 2.08. The van der Waals surface area contributed by atoms with Crippen LogP contribution in [0.2, 0.25) is 0 Å². The zero-order valence-electron chi connectivity index (χ0n) is 12.7. The maximum Gasteiger partial charge on any atom is 0.187 e. The highest BCUT2D eigenvalue weighted by atomic mass is 32.1. The highest BCUT2D eigenvalue weighted by molar-refractivity contribution is 7.80. The molecular weight excluding hydrogens is 301 g/mol. The second kappa shape index (κ2) is 7.13. The first-order valence-electron chi connectivity index (χ1n) is 6.79. The summed E-state index contributed by atoms with van der Waals surface area (Å²) >= 11 is 5.13. The molecule has 1 heterocycles. The van der Waals surface area contributed by atoms with Gasteiger partial charge in [-0.1, -0.05) is 12.1 Å². The Morgan fingerprint density at radius 1 is 1.36 bits per heavy atom. The smallest absolute Gasteiger partial charge is 0.187 e. The first-order valence-corrected chi connectivity index (χ1v) is 7.19. The predicted octanol–water partition coefficient (Wildman–Crippen LogP) is 2.17. The minimum atomic E-state index is -0.253. The van der Waals surface area contributed by atoms with E-state index in [-0.39, 0.29) is 5.82 Å². The molecule has 22 heavy (non-hydrogen) atoms. The van der Waals surface area contributed by atoms with Crippen LogP contribution in [0.4, 0.5) is 4.39 Å². The van der Waals surface area contributed by atoms with Gasteiger partial charge in [0, 0.05) is 24.8 Å². The Labute approximate surface area is 134 Å². The second-order valence-electron chi connectivity index (χ2n) is 4.89. The van der Waals surface area contributed by atoms with E-state index in [1.165, 1.54) is 12.1 Å². The van der Waals surface area contributed by atoms with Gasteiger partial charge in [0.15, 0.2) is 5.11 Å². The van der Waals surface area contributed by atoms with E-state index in [9.17, 15) is 4.39 Å². The third kappa shape index (κ3) is 4.11. The van der Waals surface area contributed by atoms with Crippen molar-refractivity contribution in [1.29, 1.82) is 0 Å². The van der Waals surface area contributed by atoms with Gasteiger partial charge in [-0.05, 0) is 43.8 Å². The first kappa shape index (κ1) is 16.1. The van der Waals surface area contributed by atoms with Crippen LogP contribution >= 0.6 is 12.2 Å². The molecule has 0 radical (unpaired) electrons. The van der Waals surface area contributed by atoms with Crippen LogP contribution < -0.4 is 10.7 Å². The van der Waals surface area contributed by atoms with Gasteiger partial charge >= 0.3 is 0 Å². The van der Waals surface area contributed by atoms with Crippen molar-refractivity contribution in [3.63, 3.8) is 0 Å². The lowest BCUT2D eigenvalue weighted by molar-refractivity contribution is 0.626. The molecule has 2 N–H and O–H groups in total. The topological polar surface area (TPSA) is 54.2 Å². The van der Waals surface area contributed by atoms with Crippen LogP contribution in [0.15, 0.2) is 29.4 Å². The molecule has 0 atom stereocenters. The number of thiocarbonyl (C=S) groups is 1. The van der Waals surface area contributed by atoms with Crippen LogP contribution in [0.3, 0.4) is 0 Å². The molecule has 5 nitrogen and oxygen atoms in total. The van der Waals surface area contributed by atoms with Crippen molar-refractivity contribution >= 4 is 23.5 Å². The molecule has 2 rings (SSSR count). The summed E-state index contributed by atoms with van der Waals surface area (Å²) < 4.78 is 14.6. The summed E-state index contributed by atoms with van der Waals surface area (Å²) in [5.41, 5.74) is 6.61. The monoisotopic (exact) mass is 319 g/mol. The molecule has 0 unspecified atom stereocenters. The number of hydrazone groups is 1. The summed E-state index contributed by atoms with van der Waals surface area (Å²) in [6.45, 7) is 4.42. The lowest BCUT2D eigenvalue weighted by Crippen LogP contribution is -2.31. The first-order chi connectivity index (χ1) is 10.5. The van der Waals surface area contributed by atoms with Crippen LogP contribution in [0.5, 0.6) is 0 Å². The highest BCUT2D eigenvalue weighted by Crippen LogP contribution is 2.08. The molecule has 7 heteroatoms. The van der Waals surface area contributed by atoms with Gasteiger partial charge in [0.1, 0.15) is 5.82 Å². The van der Waals surface area contributed by atoms with E-state index in [1.807, 2.05) is 25.6 Å². The fraction of sp³-hybridized carbons (Fsp3) is 0.267. The van der Waals surface area contributed by atoms with Crippen LogP contribution in [0, 0.1) is 19.7 Å². The number of aromatic nitrogens is 2. The number of aryl methyl sites for hydroxylation is 2. The largest absolute Gasteiger partial charge is 0.357 e. The van der Waals surface area contributed by atoms with E-state index in [1.54, 1.807) is 18.3 Å². The molecule has 116 valence electrons. The second-order valence-corrected chi connectivity index (χ2v) is 5.30. The molecule has 0 saturated carbocycles. The summed E-state index contributed by atoms with van der Waals surface area (Å²) in [4.78, 5) is 0. The molecule has 0 bridgehead atoms. The number of hydrogen-bond donors (Lipinski definition) is 2. The maximum absolute atomic E-state index is 12.8. The summed E-state index contributed by atoms with van der Waals surface area (Å²) in [7, 11) is 1.89. The minimum absolute atomic E-state index is 0.253. The van der Waals surface area contributed by atoms with Crippen molar-refractivity contribution in [3.8, 4) is 0 Å². The zero-order valence-corrected chi connectivity index (χ0v) is 13.5. The van der Waals surface area contributed by atoms with Gasteiger partial charge in [-0.15, -0.1) is 0 Å². The fourth-order valence-electron chi connectivity index (χ4n) is 1.96. The van der Waals surface area contributed by atoms with Crippen LogP contribution in [0.25, 0.3) is 0 Å². The van der Waals surface area contributed by atoms with Gasteiger partial charge in [-0.25, -0.2) is 4.39 Å². The molecule has 0 aliphatic carbocycles. The number of nitrogens with one attached hydrogen (secondary N) is 2. The lowest BCUT2D eigenvalue weighted by Gasteiger charge is -2.06. The van der Waals surface area contributed by atoms with Gasteiger partial charge < -0.3 is 5.32 Å². The molecule has 0 amide bonds. The summed E-state index contributed by atoms with van der Waals surface area (Å²) in [5.74, 6) is -0.253. The van der Waals surface area contributed by atoms with Crippen LogP contribution in [-0.2, 0) is 13.6 Å². The summed E-state index contributed by atoms with van der Waals surface area (Å²) in [6.07, 6.45) is 1.70. The molecule has 1 aromatic carbocycles. The molecule has 0 saturated heterocycles. The number of rotatable bonds is 4. The Kier molecular flexibility index (Phi) is 5.21. The van der Waals surface area contributed by atoms with Crippen molar-refractivity contribution in [2.75, 3.05) is 0 Å². The van der Waals surface area contributed by atoms with E-state index in [0.29, 0.717) is 11.7 Å². The average Bonchev–Trinajstić information content (AvgIpc) is 2.73. The molecule has 0 spiro atoms. The number of halogens is 1. The maximum atomic E-state index is 12.8. The highest BCUT2D eigenvalue weighted by Gasteiger charge is 2.06. The van der Waals surface area contributed by atoms with E-state index < -0.39 is 0 Å². The average molecular weight is 319 g/mol. The predicted molar refractivity (Wildman–Crippen MR) is 89.2 cm³/mol. The van der Waals surface area contributed by atoms with Gasteiger partial charge in [-0.3, -0.25) is 10.1 Å². The molecular formula is C15H18FN5S. The Morgan fingerprint density at radius 3 is 2.64 bits per heavy atom. The Morgan fingerprint density at radius 2 is 2.05 bits per heavy atom. The summed E-state index contributed by atoms with van der Waals surface area (Å²) in [6, 6.07) is 6.24. The zero-order chi connectivity index (χ0) is 16.1. The Balaban J connectivity index is 1.85. The standard InChI is InChI=1S/C15H18FN5S/c1-10-14(11(2)21(3)20-10)9-18-19-15(22)17-8-12-4-6-13(16)7-5-12/h4-7,9H,8H2,1-3H3,(H2,17,19,22)/b18-9-. The minimum Gasteiger partial charge on any atom is -0.357 e. The molecule has 0 aliphatic rings. The summed E-state index contributed by atoms with van der Waals surface area (Å²) in [5, 5.41) is 11.8. The van der Waals surface area contributed by atoms with E-state index in [4.69, 9.17) is 12.2 Å². The number of hydrogen-bond acceptors (Lipinski definition) is 3. The normalized spacial score (nSPS) is 10.9. The molecule has 2 aromatic rings. The van der Waals surface area contributed by atoms with E-state index in [2.05, 4.69) is 20.9 Å². The Hall–Kier alpha value is -2.28. The van der Waals surface area contributed by atoms with E-state index >= 15 is 0 Å². The van der Waals surface area contributed by atoms with Gasteiger partial charge in [0.25, 0.3) is 0 Å². The molecule has 0 fully saturated rings. The third-order valence-corrected chi connectivity index (χ3v) is 3.53. The van der Waals surface area contributed by atoms with E-state index in [0.717, 1.165) is 22.5 Å². The van der Waals surface area contributed by atoms with Gasteiger partial charge in [-0.2, -0.15) is 10.2 Å². The quantitative estimate of drug-likeness (QED) is 0.515. The molecule has 0 aliphatic heterocycles. The number of benzene rings is 1. The molecule has 1 aromatic heterocycles. The van der Waals surface area contributed by atoms with Crippen molar-refractivity contribution in [1.82, 2.24) is 20.5 Å². The van der Waals surface area contributed by atoms with Gasteiger partial charge in [0.05, 0.1) is 11.9 Å². The lowest BCUT2D eigenvalue weighted by atomic mass is 10.2. The number of nitrogens with zero attached hydrogens (tertiary/aromatic N) is 3. The van der Waals surface area contributed by atoms with Crippen LogP contribution in [0.1, 0.15) is 22.5 Å². The third-order valence-electron chi connectivity index (χ3n) is 3.29. The van der Waals surface area contributed by atoms with Crippen LogP contribution in [-0.4, -0.2) is 21.1 Å². The van der Waals surface area contributed by atoms with Crippen molar-refractivity contribution < 1.29 is 4.39 Å². The Bertz CT molecular complexity index is 691.